The Bertz CT molecular complexity index is 365. The third kappa shape index (κ3) is 8.01. The largest absolute Gasteiger partial charge is 0.454 e. The highest BCUT2D eigenvalue weighted by molar-refractivity contribution is 5.55. The molecule has 1 fully saturated rings. The van der Waals surface area contributed by atoms with E-state index in [9.17, 15) is 26.7 Å². The van der Waals surface area contributed by atoms with Crippen molar-refractivity contribution in [1.29, 1.82) is 0 Å². The van der Waals surface area contributed by atoms with E-state index >= 15 is 0 Å². The fourth-order valence-corrected chi connectivity index (χ4v) is 3.20. The fourth-order valence-electron chi connectivity index (χ4n) is 3.20. The SMILES string of the molecule is O=CC(CCCCCCCCOC1CCCCC1)C(F)(F)C(F)(F)F. The van der Waals surface area contributed by atoms with Crippen LogP contribution in [0.2, 0.25) is 0 Å². The van der Waals surface area contributed by atoms with Crippen molar-refractivity contribution < 1.29 is 31.5 Å². The van der Waals surface area contributed by atoms with E-state index in [1.807, 2.05) is 0 Å². The number of halogens is 5. The van der Waals surface area contributed by atoms with Crippen LogP contribution in [0.3, 0.4) is 0 Å². The summed E-state index contributed by atoms with van der Waals surface area (Å²) in [5.41, 5.74) is 0. The summed E-state index contributed by atoms with van der Waals surface area (Å²) in [5.74, 6) is -7.22. The van der Waals surface area contributed by atoms with Crippen LogP contribution in [0.5, 0.6) is 0 Å². The second kappa shape index (κ2) is 11.1. The van der Waals surface area contributed by atoms with Crippen LogP contribution in [0.1, 0.15) is 77.0 Å². The normalized spacial score (nSPS) is 18.3. The molecule has 0 radical (unpaired) electrons. The maximum atomic E-state index is 13.1. The molecule has 7 heteroatoms. The van der Waals surface area contributed by atoms with E-state index in [2.05, 4.69) is 0 Å². The Balaban J connectivity index is 2.02. The van der Waals surface area contributed by atoms with E-state index in [1.54, 1.807) is 0 Å². The zero-order valence-corrected chi connectivity index (χ0v) is 14.6. The first-order valence-electron chi connectivity index (χ1n) is 9.30. The zero-order chi connectivity index (χ0) is 18.8. The molecule has 0 N–H and O–H groups in total. The molecule has 1 aliphatic rings. The quantitative estimate of drug-likeness (QED) is 0.236. The van der Waals surface area contributed by atoms with Crippen molar-refractivity contribution in [3.63, 3.8) is 0 Å². The average molecular weight is 372 g/mol. The summed E-state index contributed by atoms with van der Waals surface area (Å²) in [4.78, 5) is 10.6. The number of alkyl halides is 5. The Hall–Kier alpha value is -0.720. The lowest BCUT2D eigenvalue weighted by Gasteiger charge is -2.24. The summed E-state index contributed by atoms with van der Waals surface area (Å²) in [6, 6.07) is 0. The van der Waals surface area contributed by atoms with Crippen molar-refractivity contribution in [2.24, 2.45) is 5.92 Å². The molecular weight excluding hydrogens is 343 g/mol. The van der Waals surface area contributed by atoms with Crippen LogP contribution >= 0.6 is 0 Å². The predicted molar refractivity (Wildman–Crippen MR) is 85.7 cm³/mol. The molecular formula is C18H29F5O2. The minimum atomic E-state index is -5.67. The molecule has 1 saturated carbocycles. The highest BCUT2D eigenvalue weighted by atomic mass is 19.4. The van der Waals surface area contributed by atoms with Crippen molar-refractivity contribution >= 4 is 6.29 Å². The topological polar surface area (TPSA) is 26.3 Å². The van der Waals surface area contributed by atoms with Crippen LogP contribution in [0.15, 0.2) is 0 Å². The number of unbranched alkanes of at least 4 members (excludes halogenated alkanes) is 5. The van der Waals surface area contributed by atoms with Crippen molar-refractivity contribution in [2.75, 3.05) is 6.61 Å². The molecule has 25 heavy (non-hydrogen) atoms. The monoisotopic (exact) mass is 372 g/mol. The summed E-state index contributed by atoms with van der Waals surface area (Å²) in [7, 11) is 0. The number of ether oxygens (including phenoxy) is 1. The van der Waals surface area contributed by atoms with Gasteiger partial charge < -0.3 is 9.53 Å². The Labute approximate surface area is 146 Å². The van der Waals surface area contributed by atoms with Gasteiger partial charge in [-0.1, -0.05) is 51.4 Å². The van der Waals surface area contributed by atoms with Gasteiger partial charge in [-0.3, -0.25) is 0 Å². The molecule has 0 spiro atoms. The highest BCUT2D eigenvalue weighted by Crippen LogP contribution is 2.42. The van der Waals surface area contributed by atoms with Gasteiger partial charge in [-0.25, -0.2) is 0 Å². The Morgan fingerprint density at radius 3 is 2.00 bits per heavy atom. The number of carbonyl (C=O) groups is 1. The highest BCUT2D eigenvalue weighted by Gasteiger charge is 2.61. The van der Waals surface area contributed by atoms with E-state index in [0.29, 0.717) is 12.5 Å². The first kappa shape index (κ1) is 22.3. The van der Waals surface area contributed by atoms with Crippen molar-refractivity contribution in [2.45, 2.75) is 95.3 Å². The van der Waals surface area contributed by atoms with E-state index in [1.165, 1.54) is 19.3 Å². The van der Waals surface area contributed by atoms with E-state index in [0.717, 1.165) is 45.1 Å². The van der Waals surface area contributed by atoms with Gasteiger partial charge in [0.15, 0.2) is 0 Å². The van der Waals surface area contributed by atoms with Gasteiger partial charge in [-0.2, -0.15) is 22.0 Å². The standard InChI is InChI=1S/C18H29F5O2/c19-17(20,18(21,22)23)15(14-24)10-6-3-1-2-4-9-13-25-16-11-7-5-8-12-16/h14-16H,1-13H2. The predicted octanol–water partition coefficient (Wildman–Crippen LogP) is 6.08. The third-order valence-corrected chi connectivity index (χ3v) is 4.82. The average Bonchev–Trinajstić information content (AvgIpc) is 2.56. The molecule has 1 aliphatic carbocycles. The van der Waals surface area contributed by atoms with Gasteiger partial charge >= 0.3 is 12.1 Å². The maximum absolute atomic E-state index is 13.1. The number of hydrogen-bond acceptors (Lipinski definition) is 2. The molecule has 0 bridgehead atoms. The summed E-state index contributed by atoms with van der Waals surface area (Å²) in [6.45, 7) is 0.732. The number of carbonyl (C=O) groups excluding carboxylic acids is 1. The zero-order valence-electron chi connectivity index (χ0n) is 14.6. The van der Waals surface area contributed by atoms with Crippen molar-refractivity contribution in [3.05, 3.63) is 0 Å². The van der Waals surface area contributed by atoms with Gasteiger partial charge in [0.25, 0.3) is 0 Å². The van der Waals surface area contributed by atoms with Crippen LogP contribution in [-0.4, -0.2) is 31.1 Å². The van der Waals surface area contributed by atoms with Crippen LogP contribution in [0, 0.1) is 5.92 Å². The maximum Gasteiger partial charge on any atom is 0.454 e. The van der Waals surface area contributed by atoms with E-state index in [4.69, 9.17) is 4.74 Å². The minimum Gasteiger partial charge on any atom is -0.378 e. The lowest BCUT2D eigenvalue weighted by atomic mass is 9.95. The lowest BCUT2D eigenvalue weighted by Crippen LogP contribution is -2.44. The molecule has 2 nitrogen and oxygen atoms in total. The molecule has 0 aromatic heterocycles. The van der Waals surface area contributed by atoms with Gasteiger partial charge in [-0.05, 0) is 25.7 Å². The second-order valence-electron chi connectivity index (χ2n) is 6.90. The van der Waals surface area contributed by atoms with Crippen LogP contribution < -0.4 is 0 Å². The number of rotatable bonds is 12. The lowest BCUT2D eigenvalue weighted by molar-refractivity contribution is -0.297. The summed E-state index contributed by atoms with van der Waals surface area (Å²) < 4.78 is 68.7. The smallest absolute Gasteiger partial charge is 0.378 e. The van der Waals surface area contributed by atoms with Gasteiger partial charge in [0.2, 0.25) is 0 Å². The first-order chi connectivity index (χ1) is 11.8. The van der Waals surface area contributed by atoms with Gasteiger partial charge in [0.1, 0.15) is 6.29 Å². The third-order valence-electron chi connectivity index (χ3n) is 4.82. The fraction of sp³-hybridized carbons (Fsp3) is 0.944. The van der Waals surface area contributed by atoms with Crippen LogP contribution in [0.25, 0.3) is 0 Å². The molecule has 0 aliphatic heterocycles. The van der Waals surface area contributed by atoms with E-state index in [-0.39, 0.29) is 12.7 Å². The summed E-state index contributed by atoms with van der Waals surface area (Å²) >= 11 is 0. The molecule has 0 amide bonds. The van der Waals surface area contributed by atoms with Crippen molar-refractivity contribution in [1.82, 2.24) is 0 Å². The molecule has 148 valence electrons. The Morgan fingerprint density at radius 1 is 0.880 bits per heavy atom. The first-order valence-corrected chi connectivity index (χ1v) is 9.30. The van der Waals surface area contributed by atoms with E-state index < -0.39 is 24.4 Å². The Morgan fingerprint density at radius 2 is 1.44 bits per heavy atom. The Kier molecular flexibility index (Phi) is 9.90. The number of hydrogen-bond donors (Lipinski definition) is 0. The molecule has 1 atom stereocenters. The molecule has 1 unspecified atom stereocenters. The molecule has 0 aromatic rings. The molecule has 0 aromatic carbocycles. The molecule has 1 rings (SSSR count). The second-order valence-corrected chi connectivity index (χ2v) is 6.90. The van der Waals surface area contributed by atoms with Gasteiger partial charge in [0.05, 0.1) is 12.0 Å². The van der Waals surface area contributed by atoms with Crippen LogP contribution in [-0.2, 0) is 9.53 Å². The summed E-state index contributed by atoms with van der Waals surface area (Å²) in [6.07, 6.45) is 4.40. The van der Waals surface area contributed by atoms with Crippen LogP contribution in [0.4, 0.5) is 22.0 Å². The van der Waals surface area contributed by atoms with Gasteiger partial charge in [0, 0.05) is 6.61 Å². The molecule has 0 saturated heterocycles. The summed E-state index contributed by atoms with van der Waals surface area (Å²) in [5, 5.41) is 0. The molecule has 0 heterocycles. The minimum absolute atomic E-state index is 0.202. The van der Waals surface area contributed by atoms with Crippen molar-refractivity contribution in [3.8, 4) is 0 Å². The number of aldehydes is 1. The van der Waals surface area contributed by atoms with Gasteiger partial charge in [-0.15, -0.1) is 0 Å².